The molecule has 1 aromatic heterocycles. The third-order valence-electron chi connectivity index (χ3n) is 2.96. The van der Waals surface area contributed by atoms with Crippen molar-refractivity contribution in [1.29, 1.82) is 0 Å². The second-order valence-electron chi connectivity index (χ2n) is 4.79. The molecule has 0 bridgehead atoms. The molecule has 5 nitrogen and oxygen atoms in total. The van der Waals surface area contributed by atoms with Crippen molar-refractivity contribution >= 4 is 11.7 Å². The summed E-state index contributed by atoms with van der Waals surface area (Å²) < 4.78 is 1.61. The van der Waals surface area contributed by atoms with Crippen molar-refractivity contribution in [3.63, 3.8) is 0 Å². The minimum Gasteiger partial charge on any atom is -0.394 e. The van der Waals surface area contributed by atoms with Crippen LogP contribution in [0.2, 0.25) is 0 Å². The summed E-state index contributed by atoms with van der Waals surface area (Å²) in [5.41, 5.74) is 0.923. The van der Waals surface area contributed by atoms with Crippen LogP contribution in [0.5, 0.6) is 0 Å². The summed E-state index contributed by atoms with van der Waals surface area (Å²) in [6, 6.07) is 1.28. The number of rotatable bonds is 5. The number of hydrogen-bond acceptors (Lipinski definition) is 3. The Morgan fingerprint density at radius 3 is 2.44 bits per heavy atom. The summed E-state index contributed by atoms with van der Waals surface area (Å²) in [4.78, 5) is 23.3. The first-order chi connectivity index (χ1) is 8.36. The molecule has 1 aromatic rings. The normalized spacial score (nSPS) is 12.6. The zero-order chi connectivity index (χ0) is 13.9. The van der Waals surface area contributed by atoms with E-state index in [1.165, 1.54) is 6.92 Å². The molecule has 0 saturated heterocycles. The fraction of sp³-hybridized carbons (Fsp3) is 0.538. The molecule has 1 atom stereocenters. The van der Waals surface area contributed by atoms with Crippen LogP contribution in [-0.2, 0) is 7.05 Å². The Morgan fingerprint density at radius 1 is 1.44 bits per heavy atom. The van der Waals surface area contributed by atoms with Crippen LogP contribution in [0.25, 0.3) is 0 Å². The smallest absolute Gasteiger partial charge is 0.268 e. The molecule has 0 aliphatic heterocycles. The van der Waals surface area contributed by atoms with Gasteiger partial charge in [0.1, 0.15) is 5.69 Å². The van der Waals surface area contributed by atoms with Crippen LogP contribution in [0, 0.1) is 5.92 Å². The third kappa shape index (κ3) is 3.20. The van der Waals surface area contributed by atoms with E-state index in [1.807, 2.05) is 13.8 Å². The molecular weight excluding hydrogens is 232 g/mol. The van der Waals surface area contributed by atoms with Gasteiger partial charge in [-0.2, -0.15) is 0 Å². The second kappa shape index (κ2) is 5.82. The fourth-order valence-electron chi connectivity index (χ4n) is 1.65. The maximum Gasteiger partial charge on any atom is 0.268 e. The van der Waals surface area contributed by atoms with E-state index < -0.39 is 0 Å². The van der Waals surface area contributed by atoms with Crippen molar-refractivity contribution in [1.82, 2.24) is 9.88 Å². The molecule has 1 rings (SSSR count). The molecule has 18 heavy (non-hydrogen) atoms. The number of aromatic nitrogens is 1. The molecule has 0 aromatic carbocycles. The molecule has 0 radical (unpaired) electrons. The molecule has 100 valence electrons. The van der Waals surface area contributed by atoms with E-state index in [-0.39, 0.29) is 30.3 Å². The Hall–Kier alpha value is -1.62. The Balaban J connectivity index is 2.87. The van der Waals surface area contributed by atoms with Gasteiger partial charge in [0.05, 0.1) is 12.6 Å². The van der Waals surface area contributed by atoms with Gasteiger partial charge < -0.3 is 15.0 Å². The lowest BCUT2D eigenvalue weighted by Gasteiger charge is -2.19. The van der Waals surface area contributed by atoms with Gasteiger partial charge in [0.15, 0.2) is 5.78 Å². The van der Waals surface area contributed by atoms with Crippen LogP contribution < -0.4 is 5.32 Å². The van der Waals surface area contributed by atoms with Gasteiger partial charge in [0.25, 0.3) is 5.91 Å². The minimum absolute atomic E-state index is 0.0767. The minimum atomic E-state index is -0.284. The first-order valence-electron chi connectivity index (χ1n) is 5.95. The molecule has 0 aliphatic rings. The first-order valence-corrected chi connectivity index (χ1v) is 5.95. The molecule has 1 heterocycles. The Bertz CT molecular complexity index is 449. The number of aliphatic hydroxyl groups excluding tert-OH is 1. The summed E-state index contributed by atoms with van der Waals surface area (Å²) in [6.45, 7) is 5.20. The van der Waals surface area contributed by atoms with Gasteiger partial charge in [-0.1, -0.05) is 13.8 Å². The zero-order valence-corrected chi connectivity index (χ0v) is 11.2. The molecule has 2 N–H and O–H groups in total. The molecule has 0 aliphatic carbocycles. The maximum atomic E-state index is 12.0. The third-order valence-corrected chi connectivity index (χ3v) is 2.96. The van der Waals surface area contributed by atoms with Crippen LogP contribution in [-0.4, -0.2) is 34.0 Å². The molecule has 1 amide bonds. The number of amides is 1. The van der Waals surface area contributed by atoms with Crippen LogP contribution in [0.1, 0.15) is 41.6 Å². The largest absolute Gasteiger partial charge is 0.394 e. The molecule has 0 fully saturated rings. The number of hydrogen-bond donors (Lipinski definition) is 2. The number of aryl methyl sites for hydroxylation is 1. The number of carbonyl (C=O) groups excluding carboxylic acids is 2. The number of Topliss-reactive ketones (excluding diaryl/α,β-unsaturated/α-hetero) is 1. The SMILES string of the molecule is CC(=O)c1cc(C(=O)NC(CO)C(C)C)n(C)c1. The van der Waals surface area contributed by atoms with E-state index in [0.29, 0.717) is 11.3 Å². The van der Waals surface area contributed by atoms with Gasteiger partial charge in [-0.3, -0.25) is 9.59 Å². The monoisotopic (exact) mass is 252 g/mol. The van der Waals surface area contributed by atoms with E-state index in [4.69, 9.17) is 0 Å². The van der Waals surface area contributed by atoms with Crippen LogP contribution in [0.15, 0.2) is 12.3 Å². The molecule has 0 spiro atoms. The highest BCUT2D eigenvalue weighted by atomic mass is 16.3. The topological polar surface area (TPSA) is 71.3 Å². The van der Waals surface area contributed by atoms with E-state index in [9.17, 15) is 14.7 Å². The number of carbonyl (C=O) groups is 2. The Kier molecular flexibility index (Phi) is 4.67. The molecule has 0 saturated carbocycles. The quantitative estimate of drug-likeness (QED) is 0.767. The lowest BCUT2D eigenvalue weighted by atomic mass is 10.1. The summed E-state index contributed by atoms with van der Waals surface area (Å²) in [5, 5.41) is 11.9. The lowest BCUT2D eigenvalue weighted by Crippen LogP contribution is -2.41. The number of ketones is 1. The average molecular weight is 252 g/mol. The predicted octanol–water partition coefficient (Wildman–Crippen LogP) is 0.974. The van der Waals surface area contributed by atoms with E-state index in [2.05, 4.69) is 5.32 Å². The molecule has 1 unspecified atom stereocenters. The average Bonchev–Trinajstić information content (AvgIpc) is 2.67. The van der Waals surface area contributed by atoms with Gasteiger partial charge in [-0.05, 0) is 18.9 Å². The maximum absolute atomic E-state index is 12.0. The summed E-state index contributed by atoms with van der Waals surface area (Å²) in [6.07, 6.45) is 1.63. The van der Waals surface area contributed by atoms with Crippen molar-refractivity contribution in [3.8, 4) is 0 Å². The second-order valence-corrected chi connectivity index (χ2v) is 4.79. The number of nitrogens with one attached hydrogen (secondary N) is 1. The van der Waals surface area contributed by atoms with Crippen molar-refractivity contribution in [2.75, 3.05) is 6.61 Å². The van der Waals surface area contributed by atoms with Crippen LogP contribution in [0.3, 0.4) is 0 Å². The van der Waals surface area contributed by atoms with Crippen LogP contribution in [0.4, 0.5) is 0 Å². The van der Waals surface area contributed by atoms with Gasteiger partial charge in [-0.25, -0.2) is 0 Å². The van der Waals surface area contributed by atoms with Gasteiger partial charge >= 0.3 is 0 Å². The van der Waals surface area contributed by atoms with Crippen LogP contribution >= 0.6 is 0 Å². The fourth-order valence-corrected chi connectivity index (χ4v) is 1.65. The standard InChI is InChI=1S/C13H20N2O3/c1-8(2)11(7-16)14-13(18)12-5-10(9(3)17)6-15(12)4/h5-6,8,11,16H,7H2,1-4H3,(H,14,18). The van der Waals surface area contributed by atoms with Crippen molar-refractivity contribution in [2.24, 2.45) is 13.0 Å². The summed E-state index contributed by atoms with van der Waals surface area (Å²) in [7, 11) is 1.71. The van der Waals surface area contributed by atoms with E-state index in [1.54, 1.807) is 23.9 Å². The van der Waals surface area contributed by atoms with Crippen molar-refractivity contribution < 1.29 is 14.7 Å². The van der Waals surface area contributed by atoms with Gasteiger partial charge in [-0.15, -0.1) is 0 Å². The molecular formula is C13H20N2O3. The predicted molar refractivity (Wildman–Crippen MR) is 68.6 cm³/mol. The lowest BCUT2D eigenvalue weighted by molar-refractivity contribution is 0.0888. The number of nitrogens with zero attached hydrogens (tertiary/aromatic N) is 1. The summed E-state index contributed by atoms with van der Waals surface area (Å²) in [5.74, 6) is -0.212. The molecule has 5 heteroatoms. The van der Waals surface area contributed by atoms with Gasteiger partial charge in [0.2, 0.25) is 0 Å². The Morgan fingerprint density at radius 2 is 2.06 bits per heavy atom. The first kappa shape index (κ1) is 14.4. The van der Waals surface area contributed by atoms with Crippen molar-refractivity contribution in [3.05, 3.63) is 23.5 Å². The highest BCUT2D eigenvalue weighted by Crippen LogP contribution is 2.09. The summed E-state index contributed by atoms with van der Waals surface area (Å²) >= 11 is 0. The van der Waals surface area contributed by atoms with Gasteiger partial charge in [0, 0.05) is 18.8 Å². The zero-order valence-electron chi connectivity index (χ0n) is 11.2. The van der Waals surface area contributed by atoms with E-state index in [0.717, 1.165) is 0 Å². The van der Waals surface area contributed by atoms with E-state index >= 15 is 0 Å². The van der Waals surface area contributed by atoms with Crippen molar-refractivity contribution in [2.45, 2.75) is 26.8 Å². The highest BCUT2D eigenvalue weighted by Gasteiger charge is 2.19. The highest BCUT2D eigenvalue weighted by molar-refractivity contribution is 5.99. The number of aliphatic hydroxyl groups is 1. The Labute approximate surface area is 107 Å².